The molecule has 2 rings (SSSR count). The highest BCUT2D eigenvalue weighted by Gasteiger charge is 2.27. The Balaban J connectivity index is 1.94. The number of hydrogen-bond acceptors (Lipinski definition) is 3. The molecule has 0 radical (unpaired) electrons. The van der Waals surface area contributed by atoms with Gasteiger partial charge >= 0.3 is 5.97 Å². The van der Waals surface area contributed by atoms with Gasteiger partial charge in [-0.25, -0.2) is 0 Å². The summed E-state index contributed by atoms with van der Waals surface area (Å²) in [5, 5.41) is 17.6. The van der Waals surface area contributed by atoms with Gasteiger partial charge in [0, 0.05) is 13.1 Å². The predicted molar refractivity (Wildman–Crippen MR) is 62.2 cm³/mol. The van der Waals surface area contributed by atoms with Gasteiger partial charge in [-0.1, -0.05) is 12.1 Å². The second-order valence-electron chi connectivity index (χ2n) is 4.37. The number of nitriles is 1. The number of carbonyl (C=O) groups is 1. The summed E-state index contributed by atoms with van der Waals surface area (Å²) >= 11 is 0. The summed E-state index contributed by atoms with van der Waals surface area (Å²) in [4.78, 5) is 13.0. The number of nitrogens with zero attached hydrogens (tertiary/aromatic N) is 2. The van der Waals surface area contributed by atoms with Crippen LogP contribution in [-0.2, 0) is 11.3 Å². The van der Waals surface area contributed by atoms with Crippen LogP contribution in [-0.4, -0.2) is 29.1 Å². The molecule has 1 aliphatic heterocycles. The molecular weight excluding hydrogens is 216 g/mol. The molecule has 0 bridgehead atoms. The van der Waals surface area contributed by atoms with E-state index in [4.69, 9.17) is 10.4 Å². The lowest BCUT2D eigenvalue weighted by Gasteiger charge is -2.14. The molecule has 4 heteroatoms. The van der Waals surface area contributed by atoms with Gasteiger partial charge in [0.1, 0.15) is 0 Å². The first kappa shape index (κ1) is 11.6. The van der Waals surface area contributed by atoms with Gasteiger partial charge in [-0.3, -0.25) is 9.69 Å². The molecule has 88 valence electrons. The van der Waals surface area contributed by atoms with Gasteiger partial charge < -0.3 is 5.11 Å². The van der Waals surface area contributed by atoms with Gasteiger partial charge in [0.05, 0.1) is 17.6 Å². The van der Waals surface area contributed by atoms with Crippen LogP contribution in [0.4, 0.5) is 0 Å². The fourth-order valence-corrected chi connectivity index (χ4v) is 2.12. The van der Waals surface area contributed by atoms with Crippen LogP contribution in [0.1, 0.15) is 17.5 Å². The molecule has 0 spiro atoms. The van der Waals surface area contributed by atoms with Crippen LogP contribution in [0.25, 0.3) is 0 Å². The molecule has 0 unspecified atom stereocenters. The van der Waals surface area contributed by atoms with Crippen LogP contribution in [0, 0.1) is 17.2 Å². The van der Waals surface area contributed by atoms with E-state index in [-0.39, 0.29) is 5.92 Å². The maximum atomic E-state index is 10.8. The average Bonchev–Trinajstić information content (AvgIpc) is 2.79. The highest BCUT2D eigenvalue weighted by atomic mass is 16.4. The highest BCUT2D eigenvalue weighted by Crippen LogP contribution is 2.18. The van der Waals surface area contributed by atoms with Gasteiger partial charge in [0.2, 0.25) is 0 Å². The summed E-state index contributed by atoms with van der Waals surface area (Å²) in [6.07, 6.45) is 0.728. The van der Waals surface area contributed by atoms with Crippen molar-refractivity contribution in [2.24, 2.45) is 5.92 Å². The maximum Gasteiger partial charge on any atom is 0.307 e. The van der Waals surface area contributed by atoms with Crippen molar-refractivity contribution in [3.8, 4) is 6.07 Å². The van der Waals surface area contributed by atoms with Gasteiger partial charge in [0.25, 0.3) is 0 Å². The third-order valence-electron chi connectivity index (χ3n) is 3.11. The Bertz CT molecular complexity index is 447. The quantitative estimate of drug-likeness (QED) is 0.853. The Labute approximate surface area is 100 Å². The van der Waals surface area contributed by atoms with Gasteiger partial charge in [-0.05, 0) is 30.7 Å². The van der Waals surface area contributed by atoms with Crippen molar-refractivity contribution in [3.63, 3.8) is 0 Å². The topological polar surface area (TPSA) is 64.3 Å². The molecule has 1 fully saturated rings. The molecule has 0 aromatic heterocycles. The Morgan fingerprint density at radius 3 is 2.71 bits per heavy atom. The number of likely N-dealkylation sites (tertiary alicyclic amines) is 1. The number of carboxylic acid groups (broad SMARTS) is 1. The van der Waals surface area contributed by atoms with Crippen molar-refractivity contribution < 1.29 is 9.90 Å². The summed E-state index contributed by atoms with van der Waals surface area (Å²) in [5.41, 5.74) is 1.77. The molecule has 0 amide bonds. The summed E-state index contributed by atoms with van der Waals surface area (Å²) in [6.45, 7) is 2.21. The Hall–Kier alpha value is -1.86. The van der Waals surface area contributed by atoms with Crippen molar-refractivity contribution in [1.29, 1.82) is 5.26 Å². The first-order chi connectivity index (χ1) is 8.19. The number of aliphatic carboxylic acids is 1. The molecule has 1 N–H and O–H groups in total. The minimum atomic E-state index is -0.702. The monoisotopic (exact) mass is 230 g/mol. The van der Waals surface area contributed by atoms with E-state index in [0.29, 0.717) is 12.1 Å². The molecule has 0 aliphatic carbocycles. The zero-order valence-corrected chi connectivity index (χ0v) is 9.47. The van der Waals surface area contributed by atoms with Gasteiger partial charge in [-0.15, -0.1) is 0 Å². The first-order valence-corrected chi connectivity index (χ1v) is 5.63. The van der Waals surface area contributed by atoms with E-state index in [0.717, 1.165) is 25.1 Å². The molecule has 1 aliphatic rings. The molecular formula is C13H14N2O2. The lowest BCUT2D eigenvalue weighted by atomic mass is 10.1. The van der Waals surface area contributed by atoms with Gasteiger partial charge in [0.15, 0.2) is 0 Å². The number of benzene rings is 1. The third kappa shape index (κ3) is 2.83. The molecule has 1 aromatic carbocycles. The second kappa shape index (κ2) is 4.98. The standard InChI is InChI=1S/C13H14N2O2/c14-7-10-1-3-11(4-2-10)8-15-6-5-12(9-15)13(16)17/h1-4,12H,5-6,8-9H2,(H,16,17)/t12-/m1/s1. The highest BCUT2D eigenvalue weighted by molar-refractivity contribution is 5.70. The van der Waals surface area contributed by atoms with E-state index < -0.39 is 5.97 Å². The number of hydrogen-bond donors (Lipinski definition) is 1. The predicted octanol–water partition coefficient (Wildman–Crippen LogP) is 1.46. The first-order valence-electron chi connectivity index (χ1n) is 5.63. The van der Waals surface area contributed by atoms with Crippen LogP contribution in [0.5, 0.6) is 0 Å². The van der Waals surface area contributed by atoms with Crippen LogP contribution in [0.3, 0.4) is 0 Å². The van der Waals surface area contributed by atoms with E-state index in [1.165, 1.54) is 0 Å². The van der Waals surface area contributed by atoms with Crippen LogP contribution in [0.2, 0.25) is 0 Å². The number of rotatable bonds is 3. The minimum absolute atomic E-state index is 0.228. The van der Waals surface area contributed by atoms with E-state index in [2.05, 4.69) is 11.0 Å². The molecule has 17 heavy (non-hydrogen) atoms. The SMILES string of the molecule is N#Cc1ccc(CN2CC[C@@H](C(=O)O)C2)cc1. The molecule has 1 aromatic rings. The van der Waals surface area contributed by atoms with Crippen LogP contribution < -0.4 is 0 Å². The lowest BCUT2D eigenvalue weighted by molar-refractivity contribution is -0.141. The molecule has 0 saturated carbocycles. The average molecular weight is 230 g/mol. The van der Waals surface area contributed by atoms with Crippen molar-refractivity contribution in [3.05, 3.63) is 35.4 Å². The maximum absolute atomic E-state index is 10.8. The summed E-state index contributed by atoms with van der Waals surface area (Å²) in [6, 6.07) is 9.51. The van der Waals surface area contributed by atoms with Gasteiger partial charge in [-0.2, -0.15) is 5.26 Å². The van der Waals surface area contributed by atoms with E-state index in [1.54, 1.807) is 12.1 Å². The van der Waals surface area contributed by atoms with Crippen molar-refractivity contribution in [1.82, 2.24) is 4.90 Å². The third-order valence-corrected chi connectivity index (χ3v) is 3.11. The van der Waals surface area contributed by atoms with E-state index in [1.807, 2.05) is 12.1 Å². The smallest absolute Gasteiger partial charge is 0.307 e. The Morgan fingerprint density at radius 2 is 2.18 bits per heavy atom. The largest absolute Gasteiger partial charge is 0.481 e. The van der Waals surface area contributed by atoms with Crippen molar-refractivity contribution in [2.75, 3.05) is 13.1 Å². The van der Waals surface area contributed by atoms with Crippen molar-refractivity contribution >= 4 is 5.97 Å². The van der Waals surface area contributed by atoms with E-state index >= 15 is 0 Å². The van der Waals surface area contributed by atoms with Crippen LogP contribution in [0.15, 0.2) is 24.3 Å². The Kier molecular flexibility index (Phi) is 3.40. The molecule has 1 atom stereocenters. The zero-order valence-electron chi connectivity index (χ0n) is 9.47. The lowest BCUT2D eigenvalue weighted by Crippen LogP contribution is -2.22. The molecule has 1 saturated heterocycles. The molecule has 4 nitrogen and oxygen atoms in total. The number of carboxylic acids is 1. The van der Waals surface area contributed by atoms with Crippen LogP contribution >= 0.6 is 0 Å². The molecule has 1 heterocycles. The Morgan fingerprint density at radius 1 is 1.47 bits per heavy atom. The fourth-order valence-electron chi connectivity index (χ4n) is 2.12. The minimum Gasteiger partial charge on any atom is -0.481 e. The summed E-state index contributed by atoms with van der Waals surface area (Å²) < 4.78 is 0. The van der Waals surface area contributed by atoms with Crippen molar-refractivity contribution in [2.45, 2.75) is 13.0 Å². The van der Waals surface area contributed by atoms with E-state index in [9.17, 15) is 4.79 Å². The zero-order chi connectivity index (χ0) is 12.3. The normalized spacial score (nSPS) is 20.1. The summed E-state index contributed by atoms with van der Waals surface area (Å²) in [7, 11) is 0. The summed E-state index contributed by atoms with van der Waals surface area (Å²) in [5.74, 6) is -0.930. The fraction of sp³-hybridized carbons (Fsp3) is 0.385. The second-order valence-corrected chi connectivity index (χ2v) is 4.37.